The summed E-state index contributed by atoms with van der Waals surface area (Å²) >= 11 is 0. The van der Waals surface area contributed by atoms with E-state index in [1.165, 1.54) is 16.7 Å². The highest BCUT2D eigenvalue weighted by molar-refractivity contribution is 6.05. The highest BCUT2D eigenvalue weighted by atomic mass is 16.3. The van der Waals surface area contributed by atoms with Crippen molar-refractivity contribution >= 4 is 16.7 Å². The summed E-state index contributed by atoms with van der Waals surface area (Å²) in [4.78, 5) is 6.84. The summed E-state index contributed by atoms with van der Waals surface area (Å²) in [7, 11) is 0. The van der Waals surface area contributed by atoms with Crippen LogP contribution < -0.4 is 11.2 Å². The van der Waals surface area contributed by atoms with Crippen LogP contribution in [0.4, 0.5) is 0 Å². The van der Waals surface area contributed by atoms with E-state index in [1.807, 2.05) is 29.8 Å². The SMILES string of the molecule is CC1N=C(N)c2c(-c3ccc4cn(Cc5ccccc5)nc4c3)cc(-c3ccc4c(c3)CN(CC(O)CO)CC4)n2N1. The molecule has 0 amide bonds. The second-order valence-corrected chi connectivity index (χ2v) is 11.3. The minimum atomic E-state index is -0.732. The molecule has 2 atom stereocenters. The number of benzene rings is 3. The monoisotopic (exact) mass is 561 g/mol. The second kappa shape index (κ2) is 10.8. The Labute approximate surface area is 244 Å². The van der Waals surface area contributed by atoms with Gasteiger partial charge in [0.1, 0.15) is 17.7 Å². The number of nitrogens with zero attached hydrogens (tertiary/aromatic N) is 5. The molecule has 9 heteroatoms. The zero-order valence-corrected chi connectivity index (χ0v) is 23.6. The number of aromatic nitrogens is 3. The fraction of sp³-hybridized carbons (Fsp3) is 0.273. The number of hydrogen-bond acceptors (Lipinski definition) is 7. The predicted octanol–water partition coefficient (Wildman–Crippen LogP) is 3.54. The summed E-state index contributed by atoms with van der Waals surface area (Å²) in [5.41, 5.74) is 19.7. The third-order valence-corrected chi connectivity index (χ3v) is 8.22. The second-order valence-electron chi connectivity index (χ2n) is 11.3. The van der Waals surface area contributed by atoms with Crippen LogP contribution in [0.25, 0.3) is 33.3 Å². The van der Waals surface area contributed by atoms with Crippen molar-refractivity contribution in [2.45, 2.75) is 38.7 Å². The first-order chi connectivity index (χ1) is 20.4. The van der Waals surface area contributed by atoms with E-state index in [9.17, 15) is 10.2 Å². The average molecular weight is 562 g/mol. The molecule has 2 aliphatic heterocycles. The van der Waals surface area contributed by atoms with E-state index in [-0.39, 0.29) is 12.8 Å². The molecule has 42 heavy (non-hydrogen) atoms. The van der Waals surface area contributed by atoms with Gasteiger partial charge in [0.15, 0.2) is 0 Å². The summed E-state index contributed by atoms with van der Waals surface area (Å²) in [5, 5.41) is 25.3. The van der Waals surface area contributed by atoms with Crippen molar-refractivity contribution in [3.8, 4) is 22.4 Å². The summed E-state index contributed by atoms with van der Waals surface area (Å²) in [6.07, 6.45) is 2.10. The van der Waals surface area contributed by atoms with E-state index >= 15 is 0 Å². The summed E-state index contributed by atoms with van der Waals surface area (Å²) in [5.74, 6) is 0.499. The van der Waals surface area contributed by atoms with Crippen molar-refractivity contribution in [3.05, 3.63) is 101 Å². The molecule has 3 aromatic carbocycles. The highest BCUT2D eigenvalue weighted by Crippen LogP contribution is 2.36. The standard InChI is InChI=1S/C33H35N7O2/c1-21-35-33(34)32-29(24-8-10-26-18-39(37-30(26)14-24)16-22-5-3-2-4-6-22)15-31(40(32)36-21)25-9-7-23-11-12-38(17-27(23)13-25)19-28(42)20-41/h2-10,13-15,18,21,28,36,41-42H,11-12,16-17,19-20H2,1H3,(H2,34,35). The molecular weight excluding hydrogens is 526 g/mol. The summed E-state index contributed by atoms with van der Waals surface area (Å²) in [6, 6.07) is 25.5. The third kappa shape index (κ3) is 4.96. The molecule has 9 nitrogen and oxygen atoms in total. The minimum Gasteiger partial charge on any atom is -0.394 e. The molecule has 0 aliphatic carbocycles. The van der Waals surface area contributed by atoms with E-state index in [1.54, 1.807) is 0 Å². The Balaban J connectivity index is 1.26. The van der Waals surface area contributed by atoms with Crippen LogP contribution in [0.2, 0.25) is 0 Å². The molecular formula is C33H35N7O2. The van der Waals surface area contributed by atoms with Crippen molar-refractivity contribution in [1.82, 2.24) is 19.4 Å². The number of aliphatic hydroxyl groups excluding tert-OH is 2. The van der Waals surface area contributed by atoms with Crippen molar-refractivity contribution in [2.75, 3.05) is 25.1 Å². The fourth-order valence-electron chi connectivity index (χ4n) is 6.19. The highest BCUT2D eigenvalue weighted by Gasteiger charge is 2.26. The smallest absolute Gasteiger partial charge is 0.147 e. The molecule has 0 spiro atoms. The predicted molar refractivity (Wildman–Crippen MR) is 166 cm³/mol. The number of hydrogen-bond donors (Lipinski definition) is 4. The Morgan fingerprint density at radius 2 is 1.86 bits per heavy atom. The molecule has 0 saturated heterocycles. The molecule has 0 fully saturated rings. The Morgan fingerprint density at radius 3 is 2.69 bits per heavy atom. The first-order valence-electron chi connectivity index (χ1n) is 14.5. The van der Waals surface area contributed by atoms with Crippen LogP contribution in [0.3, 0.4) is 0 Å². The van der Waals surface area contributed by atoms with Gasteiger partial charge in [0.2, 0.25) is 0 Å². The summed E-state index contributed by atoms with van der Waals surface area (Å²) < 4.78 is 4.05. The molecule has 0 bridgehead atoms. The number of aliphatic imine (C=N–C) groups is 1. The number of fused-ring (bicyclic) bond motifs is 3. The number of nitrogens with two attached hydrogens (primary N) is 1. The molecule has 5 N–H and O–H groups in total. The lowest BCUT2D eigenvalue weighted by Gasteiger charge is -2.30. The molecule has 7 rings (SSSR count). The maximum absolute atomic E-state index is 9.99. The lowest BCUT2D eigenvalue weighted by Crippen LogP contribution is -2.38. The van der Waals surface area contributed by atoms with Gasteiger partial charge < -0.3 is 21.4 Å². The maximum atomic E-state index is 9.99. The van der Waals surface area contributed by atoms with E-state index in [0.717, 1.165) is 58.5 Å². The Hall–Kier alpha value is -4.44. The quantitative estimate of drug-likeness (QED) is 0.242. The first-order valence-corrected chi connectivity index (χ1v) is 14.5. The number of amidine groups is 1. The van der Waals surface area contributed by atoms with Gasteiger partial charge in [-0.2, -0.15) is 5.10 Å². The van der Waals surface area contributed by atoms with E-state index in [4.69, 9.17) is 10.8 Å². The molecule has 0 saturated carbocycles. The summed E-state index contributed by atoms with van der Waals surface area (Å²) in [6.45, 7) is 4.53. The molecule has 0 radical (unpaired) electrons. The van der Waals surface area contributed by atoms with Crippen LogP contribution in [0.15, 0.2) is 84.0 Å². The minimum absolute atomic E-state index is 0.166. The van der Waals surface area contributed by atoms with E-state index < -0.39 is 6.10 Å². The van der Waals surface area contributed by atoms with Crippen LogP contribution in [0, 0.1) is 0 Å². The average Bonchev–Trinajstić information content (AvgIpc) is 3.58. The van der Waals surface area contributed by atoms with E-state index in [0.29, 0.717) is 18.9 Å². The van der Waals surface area contributed by atoms with Crippen LogP contribution in [0.1, 0.15) is 29.3 Å². The van der Waals surface area contributed by atoms with Gasteiger partial charge in [-0.15, -0.1) is 0 Å². The Bertz CT molecular complexity index is 1790. The van der Waals surface area contributed by atoms with Gasteiger partial charge in [-0.05, 0) is 53.8 Å². The van der Waals surface area contributed by atoms with Gasteiger partial charge in [-0.3, -0.25) is 14.3 Å². The van der Waals surface area contributed by atoms with Crippen molar-refractivity contribution < 1.29 is 10.2 Å². The van der Waals surface area contributed by atoms with Crippen LogP contribution in [-0.2, 0) is 19.5 Å². The zero-order valence-electron chi connectivity index (χ0n) is 23.6. The van der Waals surface area contributed by atoms with E-state index in [2.05, 4.69) is 80.8 Å². The van der Waals surface area contributed by atoms with Crippen molar-refractivity contribution in [3.63, 3.8) is 0 Å². The lowest BCUT2D eigenvalue weighted by atomic mass is 9.96. The van der Waals surface area contributed by atoms with Gasteiger partial charge in [-0.25, -0.2) is 4.99 Å². The van der Waals surface area contributed by atoms with Gasteiger partial charge in [0, 0.05) is 42.3 Å². The Kier molecular flexibility index (Phi) is 6.78. The first kappa shape index (κ1) is 26.5. The van der Waals surface area contributed by atoms with Crippen LogP contribution in [-0.4, -0.2) is 67.4 Å². The largest absolute Gasteiger partial charge is 0.394 e. The normalized spacial score (nSPS) is 17.4. The van der Waals surface area contributed by atoms with Gasteiger partial charge >= 0.3 is 0 Å². The van der Waals surface area contributed by atoms with Crippen molar-refractivity contribution in [2.24, 2.45) is 10.7 Å². The molecule has 5 aromatic rings. The molecule has 2 unspecified atom stereocenters. The number of rotatable bonds is 7. The lowest BCUT2D eigenvalue weighted by molar-refractivity contribution is 0.0551. The molecule has 2 aliphatic rings. The topological polar surface area (TPSA) is 117 Å². The van der Waals surface area contributed by atoms with Gasteiger partial charge in [-0.1, -0.05) is 54.6 Å². The molecule has 4 heterocycles. The Morgan fingerprint density at radius 1 is 1.02 bits per heavy atom. The van der Waals surface area contributed by atoms with Gasteiger partial charge in [0.05, 0.1) is 30.5 Å². The number of nitrogens with one attached hydrogen (secondary N) is 1. The molecule has 2 aromatic heterocycles. The third-order valence-electron chi connectivity index (χ3n) is 8.22. The zero-order chi connectivity index (χ0) is 28.8. The van der Waals surface area contributed by atoms with Gasteiger partial charge in [0.25, 0.3) is 0 Å². The fourth-order valence-corrected chi connectivity index (χ4v) is 6.19. The maximum Gasteiger partial charge on any atom is 0.147 e. The number of β-amino-alcohol motifs (C(OH)–C–C–N with tert-alkyl or cyclic N) is 1. The molecule has 214 valence electrons. The van der Waals surface area contributed by atoms with Crippen molar-refractivity contribution in [1.29, 1.82) is 0 Å². The number of aliphatic hydroxyl groups is 2. The van der Waals surface area contributed by atoms with Crippen LogP contribution in [0.5, 0.6) is 0 Å². The van der Waals surface area contributed by atoms with Crippen LogP contribution >= 0.6 is 0 Å².